The molecule has 3 rings (SSSR count). The fourth-order valence-electron chi connectivity index (χ4n) is 2.52. The molecule has 0 saturated carbocycles. The summed E-state index contributed by atoms with van der Waals surface area (Å²) in [4.78, 5) is 24.5. The second-order valence-corrected chi connectivity index (χ2v) is 7.84. The van der Waals surface area contributed by atoms with Crippen LogP contribution in [-0.4, -0.2) is 8.52 Å². The van der Waals surface area contributed by atoms with Crippen LogP contribution in [0.3, 0.4) is 0 Å². The van der Waals surface area contributed by atoms with Gasteiger partial charge in [-0.3, -0.25) is 4.79 Å². The van der Waals surface area contributed by atoms with Crippen molar-refractivity contribution in [2.24, 2.45) is 0 Å². The van der Waals surface area contributed by atoms with Crippen LogP contribution in [0.4, 0.5) is 4.39 Å². The first-order valence-corrected chi connectivity index (χ1v) is 8.71. The molecule has 0 aliphatic rings. The van der Waals surface area contributed by atoms with E-state index < -0.39 is 0 Å². The van der Waals surface area contributed by atoms with E-state index in [1.165, 1.54) is 16.1 Å². The summed E-state index contributed by atoms with van der Waals surface area (Å²) in [7, 11) is 0. The minimum Gasteiger partial charge on any atom is -0.255 e. The van der Waals surface area contributed by atoms with Crippen molar-refractivity contribution in [3.8, 4) is 5.69 Å². The molecule has 0 bridgehead atoms. The Hall–Kier alpha value is -2.47. The molecule has 0 saturated heterocycles. The zero-order valence-electron chi connectivity index (χ0n) is 14.3. The third-order valence-corrected chi connectivity index (χ3v) is 4.94. The Balaban J connectivity index is 1.95. The zero-order chi connectivity index (χ0) is 18.2. The smallest absolute Gasteiger partial charge is 0.255 e. The van der Waals surface area contributed by atoms with Crippen LogP contribution >= 0.6 is 11.5 Å². The van der Waals surface area contributed by atoms with E-state index in [4.69, 9.17) is 0 Å². The molecule has 2 aromatic carbocycles. The third kappa shape index (κ3) is 3.64. The largest absolute Gasteiger partial charge is 0.346 e. The number of nitrogens with zero attached hydrogens (tertiary/aromatic N) is 2. The van der Waals surface area contributed by atoms with Gasteiger partial charge in [0.15, 0.2) is 0 Å². The number of benzene rings is 2. The van der Waals surface area contributed by atoms with Gasteiger partial charge in [-0.05, 0) is 40.8 Å². The first-order chi connectivity index (χ1) is 11.8. The van der Waals surface area contributed by atoms with E-state index in [9.17, 15) is 14.0 Å². The van der Waals surface area contributed by atoms with Gasteiger partial charge >= 0.3 is 10.6 Å². The van der Waals surface area contributed by atoms with Crippen molar-refractivity contribution >= 4 is 11.5 Å². The number of aromatic nitrogens is 2. The predicted molar refractivity (Wildman–Crippen MR) is 98.4 cm³/mol. The number of hydrogen-bond acceptors (Lipinski definition) is 3. The molecule has 1 heterocycles. The lowest BCUT2D eigenvalue weighted by Gasteiger charge is -2.18. The normalized spacial score (nSPS) is 11.7. The van der Waals surface area contributed by atoms with Crippen molar-refractivity contribution in [3.05, 3.63) is 85.6 Å². The molecule has 0 amide bonds. The van der Waals surface area contributed by atoms with Crippen LogP contribution < -0.4 is 10.6 Å². The predicted octanol–water partition coefficient (Wildman–Crippen LogP) is 3.55. The molecule has 0 fully saturated rings. The molecule has 3 aromatic rings. The van der Waals surface area contributed by atoms with E-state index in [1.54, 1.807) is 12.1 Å². The average Bonchev–Trinajstić information content (AvgIpc) is 2.84. The van der Waals surface area contributed by atoms with E-state index in [2.05, 4.69) is 20.8 Å². The summed E-state index contributed by atoms with van der Waals surface area (Å²) in [6.45, 7) is 6.48. The summed E-state index contributed by atoms with van der Waals surface area (Å²) in [6.07, 6.45) is 0. The monoisotopic (exact) mass is 358 g/mol. The summed E-state index contributed by atoms with van der Waals surface area (Å²) in [5.74, 6) is -0.349. The summed E-state index contributed by atoms with van der Waals surface area (Å²) >= 11 is 0.867. The Labute approximate surface area is 148 Å². The Bertz CT molecular complexity index is 990. The van der Waals surface area contributed by atoms with Crippen molar-refractivity contribution in [1.29, 1.82) is 0 Å². The lowest BCUT2D eigenvalue weighted by molar-refractivity contribution is 0.590. The van der Waals surface area contributed by atoms with Crippen molar-refractivity contribution in [1.82, 2.24) is 8.52 Å². The van der Waals surface area contributed by atoms with Gasteiger partial charge in [0.05, 0.1) is 12.2 Å². The highest BCUT2D eigenvalue weighted by Gasteiger charge is 2.15. The van der Waals surface area contributed by atoms with Gasteiger partial charge in [-0.1, -0.05) is 45.0 Å². The fourth-order valence-corrected chi connectivity index (χ4v) is 3.32. The van der Waals surface area contributed by atoms with Crippen LogP contribution in [0.5, 0.6) is 0 Å². The zero-order valence-corrected chi connectivity index (χ0v) is 15.1. The van der Waals surface area contributed by atoms with Crippen molar-refractivity contribution in [3.63, 3.8) is 0 Å². The summed E-state index contributed by atoms with van der Waals surface area (Å²) in [5.41, 5.74) is 2.15. The molecule has 6 heteroatoms. The highest BCUT2D eigenvalue weighted by molar-refractivity contribution is 7.03. The maximum Gasteiger partial charge on any atom is 0.346 e. The minimum atomic E-state index is -0.386. The van der Waals surface area contributed by atoms with E-state index in [-0.39, 0.29) is 28.3 Å². The maximum atomic E-state index is 13.0. The van der Waals surface area contributed by atoms with Crippen LogP contribution in [0.25, 0.3) is 5.69 Å². The first kappa shape index (κ1) is 17.4. The van der Waals surface area contributed by atoms with Crippen molar-refractivity contribution < 1.29 is 4.39 Å². The molecule has 4 nitrogen and oxygen atoms in total. The quantitative estimate of drug-likeness (QED) is 0.719. The second-order valence-electron chi connectivity index (χ2n) is 6.94. The van der Waals surface area contributed by atoms with E-state index >= 15 is 0 Å². The van der Waals surface area contributed by atoms with Gasteiger partial charge in [0.25, 0.3) is 0 Å². The minimum absolute atomic E-state index is 0.0190. The van der Waals surface area contributed by atoms with Crippen LogP contribution in [0.15, 0.2) is 58.1 Å². The molecule has 0 unspecified atom stereocenters. The fraction of sp³-hybridized carbons (Fsp3) is 0.263. The summed E-state index contributed by atoms with van der Waals surface area (Å²) < 4.78 is 15.5. The van der Waals surface area contributed by atoms with Crippen LogP contribution in [0, 0.1) is 5.82 Å². The van der Waals surface area contributed by atoms with Crippen LogP contribution in [-0.2, 0) is 12.0 Å². The van der Waals surface area contributed by atoms with Crippen molar-refractivity contribution in [2.75, 3.05) is 0 Å². The van der Waals surface area contributed by atoms with Gasteiger partial charge in [0, 0.05) is 11.5 Å². The first-order valence-electron chi connectivity index (χ1n) is 7.94. The van der Waals surface area contributed by atoms with Gasteiger partial charge < -0.3 is 0 Å². The standard InChI is InChI=1S/C19H19FN2O2S/c1-19(2,3)14-6-10-16(11-7-14)22-17(23)21(18(24)25-22)12-13-4-8-15(20)9-5-13/h4-11H,12H2,1-3H3. The van der Waals surface area contributed by atoms with E-state index in [0.717, 1.165) is 21.7 Å². The number of halogens is 1. The SMILES string of the molecule is CC(C)(C)c1ccc(-n2sc(=O)n(Cc3ccc(F)cc3)c2=O)cc1. The molecule has 1 aromatic heterocycles. The summed E-state index contributed by atoms with van der Waals surface area (Å²) in [6, 6.07) is 13.4. The molecule has 25 heavy (non-hydrogen) atoms. The molecule has 0 aliphatic heterocycles. The maximum absolute atomic E-state index is 13.0. The Morgan fingerprint density at radius 3 is 2.12 bits per heavy atom. The lowest BCUT2D eigenvalue weighted by atomic mass is 9.87. The van der Waals surface area contributed by atoms with Gasteiger partial charge in [-0.2, -0.15) is 0 Å². The van der Waals surface area contributed by atoms with Crippen molar-refractivity contribution in [2.45, 2.75) is 32.7 Å². The lowest BCUT2D eigenvalue weighted by Crippen LogP contribution is -2.28. The Morgan fingerprint density at radius 1 is 0.960 bits per heavy atom. The molecule has 0 atom stereocenters. The molecular weight excluding hydrogens is 339 g/mol. The van der Waals surface area contributed by atoms with Gasteiger partial charge in [0.1, 0.15) is 5.82 Å². The molecule has 130 valence electrons. The van der Waals surface area contributed by atoms with E-state index in [1.807, 2.05) is 24.3 Å². The third-order valence-electron chi connectivity index (χ3n) is 4.02. The van der Waals surface area contributed by atoms with Gasteiger partial charge in [0.2, 0.25) is 0 Å². The second kappa shape index (κ2) is 6.44. The summed E-state index contributed by atoms with van der Waals surface area (Å²) in [5, 5.41) is 0. The number of rotatable bonds is 3. The Kier molecular flexibility index (Phi) is 4.47. The van der Waals surface area contributed by atoms with Gasteiger partial charge in [-0.15, -0.1) is 0 Å². The topological polar surface area (TPSA) is 44.0 Å². The highest BCUT2D eigenvalue weighted by Crippen LogP contribution is 2.23. The Morgan fingerprint density at radius 2 is 1.56 bits per heavy atom. The van der Waals surface area contributed by atoms with Gasteiger partial charge in [-0.25, -0.2) is 17.7 Å². The van der Waals surface area contributed by atoms with E-state index in [0.29, 0.717) is 11.3 Å². The molecule has 0 spiro atoms. The highest BCUT2D eigenvalue weighted by atomic mass is 32.1. The molecule has 0 aliphatic carbocycles. The van der Waals surface area contributed by atoms with Crippen LogP contribution in [0.1, 0.15) is 31.9 Å². The molecule has 0 N–H and O–H groups in total. The average molecular weight is 358 g/mol. The molecular formula is C19H19FN2O2S. The molecule has 0 radical (unpaired) electrons. The van der Waals surface area contributed by atoms with Crippen LogP contribution in [0.2, 0.25) is 0 Å². The number of hydrogen-bond donors (Lipinski definition) is 0.